The highest BCUT2D eigenvalue weighted by Crippen LogP contribution is 2.35. The minimum Gasteiger partial charge on any atom is -0.476 e. The lowest BCUT2D eigenvalue weighted by Gasteiger charge is -1.97. The molecule has 0 bridgehead atoms. The first-order valence-corrected chi connectivity index (χ1v) is 6.92. The van der Waals surface area contributed by atoms with Crippen LogP contribution in [0, 0.1) is 0 Å². The van der Waals surface area contributed by atoms with Crippen LogP contribution in [-0.2, 0) is 0 Å². The van der Waals surface area contributed by atoms with Crippen LogP contribution in [-0.4, -0.2) is 16.1 Å². The molecule has 0 atom stereocenters. The zero-order valence-corrected chi connectivity index (χ0v) is 11.3. The molecule has 0 spiro atoms. The quantitative estimate of drug-likeness (QED) is 0.783. The minimum absolute atomic E-state index is 0.111. The smallest absolute Gasteiger partial charge is 0.356 e. The van der Waals surface area contributed by atoms with E-state index < -0.39 is 5.97 Å². The van der Waals surface area contributed by atoms with Crippen molar-refractivity contribution in [2.45, 2.75) is 0 Å². The third-order valence-corrected chi connectivity index (χ3v) is 4.04. The fourth-order valence-corrected chi connectivity index (χ4v) is 3.02. The van der Waals surface area contributed by atoms with Gasteiger partial charge in [0.25, 0.3) is 0 Å². The molecule has 0 radical (unpaired) electrons. The number of aromatic carboxylic acids is 1. The van der Waals surface area contributed by atoms with Gasteiger partial charge in [-0.1, -0.05) is 60.7 Å². The Kier molecular flexibility index (Phi) is 3.31. The Balaban J connectivity index is 2.15. The van der Waals surface area contributed by atoms with Crippen molar-refractivity contribution in [3.05, 3.63) is 66.4 Å². The summed E-state index contributed by atoms with van der Waals surface area (Å²) in [6.07, 6.45) is 0. The van der Waals surface area contributed by atoms with E-state index in [0.717, 1.165) is 16.1 Å². The number of aromatic nitrogens is 1. The third-order valence-electron chi connectivity index (χ3n) is 2.89. The maximum Gasteiger partial charge on any atom is 0.356 e. The number of hydrogen-bond acceptors (Lipinski definition) is 3. The first-order valence-electron chi connectivity index (χ1n) is 6.10. The lowest BCUT2D eigenvalue weighted by atomic mass is 10.1. The van der Waals surface area contributed by atoms with Gasteiger partial charge in [0.15, 0.2) is 5.69 Å². The summed E-state index contributed by atoms with van der Waals surface area (Å²) >= 11 is 1.40. The molecule has 3 rings (SSSR count). The molecule has 0 saturated heterocycles. The summed E-state index contributed by atoms with van der Waals surface area (Å²) in [4.78, 5) is 16.4. The maximum atomic E-state index is 11.4. The van der Waals surface area contributed by atoms with Crippen molar-refractivity contribution in [1.82, 2.24) is 4.98 Å². The summed E-state index contributed by atoms with van der Waals surface area (Å²) in [6.45, 7) is 0. The Bertz CT molecular complexity index is 736. The first kappa shape index (κ1) is 12.6. The number of hydrogen-bond donors (Lipinski definition) is 1. The predicted octanol–water partition coefficient (Wildman–Crippen LogP) is 4.18. The van der Waals surface area contributed by atoms with Crippen LogP contribution in [0.25, 0.3) is 21.0 Å². The van der Waals surface area contributed by atoms with Gasteiger partial charge in [0.2, 0.25) is 0 Å². The van der Waals surface area contributed by atoms with Crippen LogP contribution >= 0.6 is 11.3 Å². The zero-order chi connectivity index (χ0) is 13.9. The van der Waals surface area contributed by atoms with E-state index >= 15 is 0 Å². The van der Waals surface area contributed by atoms with Crippen LogP contribution < -0.4 is 0 Å². The molecule has 3 aromatic rings. The first-order chi connectivity index (χ1) is 9.75. The Morgan fingerprint density at radius 1 is 0.900 bits per heavy atom. The second-order valence-electron chi connectivity index (χ2n) is 4.23. The number of benzene rings is 2. The van der Waals surface area contributed by atoms with Gasteiger partial charge in [-0.2, -0.15) is 0 Å². The van der Waals surface area contributed by atoms with Crippen molar-refractivity contribution < 1.29 is 9.90 Å². The van der Waals surface area contributed by atoms with Crippen molar-refractivity contribution >= 4 is 17.3 Å². The molecule has 0 fully saturated rings. The Morgan fingerprint density at radius 2 is 1.45 bits per heavy atom. The highest BCUT2D eigenvalue weighted by atomic mass is 32.1. The normalized spacial score (nSPS) is 10.4. The average Bonchev–Trinajstić information content (AvgIpc) is 2.94. The van der Waals surface area contributed by atoms with Crippen LogP contribution in [0.1, 0.15) is 10.5 Å². The third kappa shape index (κ3) is 2.33. The van der Waals surface area contributed by atoms with E-state index in [1.807, 2.05) is 60.7 Å². The van der Waals surface area contributed by atoms with Gasteiger partial charge in [0.1, 0.15) is 5.01 Å². The molecule has 1 N–H and O–H groups in total. The summed E-state index contributed by atoms with van der Waals surface area (Å²) in [5.41, 5.74) is 1.92. The molecule has 4 heteroatoms. The highest BCUT2D eigenvalue weighted by Gasteiger charge is 2.19. The van der Waals surface area contributed by atoms with Crippen molar-refractivity contribution in [2.75, 3.05) is 0 Å². The van der Waals surface area contributed by atoms with Crippen molar-refractivity contribution in [3.63, 3.8) is 0 Å². The number of rotatable bonds is 3. The summed E-state index contributed by atoms with van der Waals surface area (Å²) in [6, 6.07) is 19.1. The molecule has 0 saturated carbocycles. The molecule has 98 valence electrons. The van der Waals surface area contributed by atoms with E-state index in [1.165, 1.54) is 11.3 Å². The monoisotopic (exact) mass is 281 g/mol. The second kappa shape index (κ2) is 5.27. The highest BCUT2D eigenvalue weighted by molar-refractivity contribution is 7.18. The molecule has 0 amide bonds. The van der Waals surface area contributed by atoms with Gasteiger partial charge in [-0.05, 0) is 5.56 Å². The zero-order valence-electron chi connectivity index (χ0n) is 10.5. The van der Waals surface area contributed by atoms with Gasteiger partial charge in [-0.25, -0.2) is 9.78 Å². The molecule has 0 unspecified atom stereocenters. The van der Waals surface area contributed by atoms with Gasteiger partial charge in [0, 0.05) is 5.56 Å². The molecule has 20 heavy (non-hydrogen) atoms. The largest absolute Gasteiger partial charge is 0.476 e. The molecule has 0 aliphatic carbocycles. The molecule has 0 aliphatic heterocycles. The second-order valence-corrected chi connectivity index (χ2v) is 5.23. The summed E-state index contributed by atoms with van der Waals surface area (Å²) < 4.78 is 0. The van der Waals surface area contributed by atoms with Crippen LogP contribution in [0.15, 0.2) is 60.7 Å². The van der Waals surface area contributed by atoms with E-state index in [1.54, 1.807) is 0 Å². The maximum absolute atomic E-state index is 11.4. The average molecular weight is 281 g/mol. The SMILES string of the molecule is O=C(O)c1nc(-c2ccccc2)sc1-c1ccccc1. The van der Waals surface area contributed by atoms with Crippen molar-refractivity contribution in [2.24, 2.45) is 0 Å². The van der Waals surface area contributed by atoms with Gasteiger partial charge in [-0.3, -0.25) is 0 Å². The van der Waals surface area contributed by atoms with Crippen molar-refractivity contribution in [1.29, 1.82) is 0 Å². The Labute approximate surface area is 120 Å². The van der Waals surface area contributed by atoms with E-state index in [4.69, 9.17) is 0 Å². The van der Waals surface area contributed by atoms with E-state index in [-0.39, 0.29) is 5.69 Å². The van der Waals surface area contributed by atoms with Crippen molar-refractivity contribution in [3.8, 4) is 21.0 Å². The number of thiazole rings is 1. The lowest BCUT2D eigenvalue weighted by Crippen LogP contribution is -1.98. The molecule has 2 aromatic carbocycles. The lowest BCUT2D eigenvalue weighted by molar-refractivity contribution is 0.0692. The summed E-state index contributed by atoms with van der Waals surface area (Å²) in [5, 5.41) is 10.1. The molecular formula is C16H11NO2S. The standard InChI is InChI=1S/C16H11NO2S/c18-16(19)13-14(11-7-3-1-4-8-11)20-15(17-13)12-9-5-2-6-10-12/h1-10H,(H,18,19). The minimum atomic E-state index is -0.998. The summed E-state index contributed by atoms with van der Waals surface area (Å²) in [5.74, 6) is -0.998. The fraction of sp³-hybridized carbons (Fsp3) is 0. The van der Waals surface area contributed by atoms with E-state index in [9.17, 15) is 9.90 Å². The molecular weight excluding hydrogens is 270 g/mol. The molecule has 3 nitrogen and oxygen atoms in total. The van der Waals surface area contributed by atoms with Gasteiger partial charge in [-0.15, -0.1) is 11.3 Å². The summed E-state index contributed by atoms with van der Waals surface area (Å²) in [7, 11) is 0. The Hall–Kier alpha value is -2.46. The predicted molar refractivity (Wildman–Crippen MR) is 79.9 cm³/mol. The number of carboxylic acid groups (broad SMARTS) is 1. The Morgan fingerprint density at radius 3 is 2.00 bits per heavy atom. The number of nitrogens with zero attached hydrogens (tertiary/aromatic N) is 1. The van der Waals surface area contributed by atoms with Crippen LogP contribution in [0.4, 0.5) is 0 Å². The topological polar surface area (TPSA) is 50.2 Å². The van der Waals surface area contributed by atoms with Crippen LogP contribution in [0.3, 0.4) is 0 Å². The fourth-order valence-electron chi connectivity index (χ4n) is 1.95. The van der Waals surface area contributed by atoms with Gasteiger partial charge < -0.3 is 5.11 Å². The number of carboxylic acids is 1. The van der Waals surface area contributed by atoms with E-state index in [0.29, 0.717) is 4.88 Å². The molecule has 0 aliphatic rings. The molecule has 1 heterocycles. The molecule has 1 aromatic heterocycles. The number of carbonyl (C=O) groups is 1. The van der Waals surface area contributed by atoms with Gasteiger partial charge >= 0.3 is 5.97 Å². The van der Waals surface area contributed by atoms with Gasteiger partial charge in [0.05, 0.1) is 4.88 Å². The van der Waals surface area contributed by atoms with Crippen LogP contribution in [0.5, 0.6) is 0 Å². The van der Waals surface area contributed by atoms with Crippen LogP contribution in [0.2, 0.25) is 0 Å². The van der Waals surface area contributed by atoms with E-state index in [2.05, 4.69) is 4.98 Å².